The van der Waals surface area contributed by atoms with Crippen molar-refractivity contribution in [3.05, 3.63) is 99.8 Å². The average Bonchev–Trinajstić information content (AvgIpc) is 3.04. The number of carbonyl (C=O) groups excluding carboxylic acids is 1. The summed E-state index contributed by atoms with van der Waals surface area (Å²) in [6.07, 6.45) is 3.07. The van der Waals surface area contributed by atoms with Crippen molar-refractivity contribution in [3.63, 3.8) is 0 Å². The van der Waals surface area contributed by atoms with Gasteiger partial charge in [-0.3, -0.25) is 19.1 Å². The number of aryl methyl sites for hydroxylation is 1. The van der Waals surface area contributed by atoms with Crippen LogP contribution in [0.4, 0.5) is 15.8 Å². The summed E-state index contributed by atoms with van der Waals surface area (Å²) < 4.78 is 18.2. The number of halogens is 2. The molecule has 7 rings (SSSR count). The predicted molar refractivity (Wildman–Crippen MR) is 183 cm³/mol. The summed E-state index contributed by atoms with van der Waals surface area (Å²) in [5.41, 5.74) is 3.85. The van der Waals surface area contributed by atoms with Crippen molar-refractivity contribution >= 4 is 50.7 Å². The molecule has 234 valence electrons. The van der Waals surface area contributed by atoms with E-state index in [4.69, 9.17) is 16.6 Å². The zero-order valence-corrected chi connectivity index (χ0v) is 26.9. The van der Waals surface area contributed by atoms with E-state index in [1.807, 2.05) is 58.0 Å². The number of aromatic nitrogens is 3. The van der Waals surface area contributed by atoms with Gasteiger partial charge < -0.3 is 15.1 Å². The van der Waals surface area contributed by atoms with Crippen LogP contribution in [0.3, 0.4) is 0 Å². The molecule has 0 radical (unpaired) electrons. The molecule has 1 N–H and O–H groups in total. The van der Waals surface area contributed by atoms with Gasteiger partial charge in [0.2, 0.25) is 5.91 Å². The molecule has 1 amide bonds. The maximum atomic E-state index is 16.6. The van der Waals surface area contributed by atoms with Crippen LogP contribution < -0.4 is 15.8 Å². The summed E-state index contributed by atoms with van der Waals surface area (Å²) in [6, 6.07) is 14.2. The summed E-state index contributed by atoms with van der Waals surface area (Å²) in [4.78, 5) is 41.0. The zero-order chi connectivity index (χ0) is 32.4. The van der Waals surface area contributed by atoms with Crippen LogP contribution in [0.25, 0.3) is 38.8 Å². The Kier molecular flexibility index (Phi) is 7.31. The number of carbonyl (C=O) groups is 1. The molecular formula is C36H34ClFN6O2. The van der Waals surface area contributed by atoms with Crippen molar-refractivity contribution in [1.82, 2.24) is 19.4 Å². The molecule has 10 heteroatoms. The van der Waals surface area contributed by atoms with Crippen LogP contribution in [0, 0.1) is 12.7 Å². The lowest BCUT2D eigenvalue weighted by Crippen LogP contribution is -2.62. The van der Waals surface area contributed by atoms with Gasteiger partial charge >= 0.3 is 0 Å². The van der Waals surface area contributed by atoms with Crippen molar-refractivity contribution in [2.45, 2.75) is 45.7 Å². The molecule has 2 aliphatic heterocycles. The number of benzene rings is 2. The first kappa shape index (κ1) is 29.9. The molecule has 5 aromatic rings. The molecule has 0 aliphatic carbocycles. The highest BCUT2D eigenvalue weighted by molar-refractivity contribution is 6.36. The van der Waals surface area contributed by atoms with E-state index in [-0.39, 0.29) is 35.2 Å². The van der Waals surface area contributed by atoms with Gasteiger partial charge in [0.25, 0.3) is 5.56 Å². The van der Waals surface area contributed by atoms with Crippen molar-refractivity contribution in [2.24, 2.45) is 0 Å². The monoisotopic (exact) mass is 636 g/mol. The lowest BCUT2D eigenvalue weighted by Gasteiger charge is -2.49. The van der Waals surface area contributed by atoms with Gasteiger partial charge in [0.05, 0.1) is 23.1 Å². The minimum atomic E-state index is -0.532. The number of nitrogens with zero attached hydrogens (tertiary/aromatic N) is 5. The van der Waals surface area contributed by atoms with Gasteiger partial charge in [-0.15, -0.1) is 0 Å². The minimum absolute atomic E-state index is 0.00154. The Morgan fingerprint density at radius 2 is 1.91 bits per heavy atom. The van der Waals surface area contributed by atoms with E-state index in [2.05, 4.69) is 21.8 Å². The maximum absolute atomic E-state index is 16.6. The molecule has 46 heavy (non-hydrogen) atoms. The lowest BCUT2D eigenvalue weighted by atomic mass is 9.98. The Balaban J connectivity index is 1.57. The van der Waals surface area contributed by atoms with Crippen LogP contribution in [0.15, 0.2) is 72.2 Å². The zero-order valence-electron chi connectivity index (χ0n) is 26.1. The number of amides is 1. The van der Waals surface area contributed by atoms with Crippen molar-refractivity contribution in [3.8, 4) is 16.9 Å². The Bertz CT molecular complexity index is 2140. The first-order valence-corrected chi connectivity index (χ1v) is 15.8. The number of hydrogen-bond acceptors (Lipinski definition) is 6. The van der Waals surface area contributed by atoms with E-state index in [0.29, 0.717) is 63.7 Å². The highest BCUT2D eigenvalue weighted by atomic mass is 35.5. The van der Waals surface area contributed by atoms with Crippen LogP contribution in [-0.2, 0) is 4.79 Å². The summed E-state index contributed by atoms with van der Waals surface area (Å²) in [5.74, 6) is -0.675. The van der Waals surface area contributed by atoms with Crippen LogP contribution in [-0.4, -0.2) is 57.1 Å². The molecule has 5 heterocycles. The minimum Gasteiger partial charge on any atom is -0.377 e. The topological polar surface area (TPSA) is 83.4 Å². The summed E-state index contributed by atoms with van der Waals surface area (Å²) in [5, 5.41) is 5.88. The summed E-state index contributed by atoms with van der Waals surface area (Å²) in [6.45, 7) is 13.0. The maximum Gasteiger partial charge on any atom is 0.282 e. The molecule has 0 saturated carbocycles. The number of rotatable bonds is 4. The van der Waals surface area contributed by atoms with Crippen LogP contribution in [0.1, 0.15) is 37.9 Å². The third kappa shape index (κ3) is 4.55. The van der Waals surface area contributed by atoms with Gasteiger partial charge in [0.1, 0.15) is 17.2 Å². The Labute approximate surface area is 271 Å². The molecule has 2 atom stereocenters. The fraction of sp³-hybridized carbons (Fsp3) is 0.278. The van der Waals surface area contributed by atoms with Gasteiger partial charge in [-0.2, -0.15) is 0 Å². The molecule has 8 nitrogen and oxygen atoms in total. The van der Waals surface area contributed by atoms with E-state index in [1.165, 1.54) is 12.1 Å². The largest absolute Gasteiger partial charge is 0.377 e. The van der Waals surface area contributed by atoms with Crippen LogP contribution in [0.5, 0.6) is 0 Å². The lowest BCUT2D eigenvalue weighted by molar-refractivity contribution is -0.128. The molecule has 1 fully saturated rings. The SMILES string of the molecule is C=CC(=O)N1CC2CNc3c(c4cc(F)c(-c5cccc6cccc(Cl)c56)nc4n(-c4c(C)ccnc4C(C)C)c3=O)N2CC1C. The molecular weight excluding hydrogens is 603 g/mol. The standard InChI is InChI=1S/C36H34ClFN6O2/c1-6-28(45)42-18-23-16-40-32-34(43(23)17-21(42)5)25-15-27(38)31(24-11-7-9-22-10-8-12-26(37)29(22)24)41-35(25)44(36(32)46)33-20(4)13-14-39-30(33)19(2)3/h6-15,19,21,23,40H,1,16-18H2,2-5H3. The number of nitrogens with one attached hydrogen (secondary N) is 1. The first-order valence-electron chi connectivity index (χ1n) is 15.5. The van der Waals surface area contributed by atoms with Crippen molar-refractivity contribution in [1.29, 1.82) is 0 Å². The summed E-state index contributed by atoms with van der Waals surface area (Å²) >= 11 is 6.68. The van der Waals surface area contributed by atoms with Gasteiger partial charge in [0, 0.05) is 53.2 Å². The molecule has 0 bridgehead atoms. The first-order chi connectivity index (χ1) is 22.1. The number of fused-ring (bicyclic) bond motifs is 6. The average molecular weight is 637 g/mol. The van der Waals surface area contributed by atoms with Gasteiger partial charge in [-0.25, -0.2) is 9.37 Å². The van der Waals surface area contributed by atoms with Crippen LogP contribution >= 0.6 is 11.6 Å². The Hall–Kier alpha value is -4.76. The van der Waals surface area contributed by atoms with Crippen molar-refractivity contribution in [2.75, 3.05) is 29.9 Å². The number of pyridine rings is 3. The van der Waals surface area contributed by atoms with E-state index < -0.39 is 5.82 Å². The normalized spacial score (nSPS) is 17.6. The molecule has 2 aliphatic rings. The van der Waals surface area contributed by atoms with E-state index in [1.54, 1.807) is 27.8 Å². The Morgan fingerprint density at radius 1 is 1.15 bits per heavy atom. The summed E-state index contributed by atoms with van der Waals surface area (Å²) in [7, 11) is 0. The third-order valence-corrected chi connectivity index (χ3v) is 9.53. The van der Waals surface area contributed by atoms with Gasteiger partial charge in [-0.1, -0.05) is 62.4 Å². The van der Waals surface area contributed by atoms with Crippen molar-refractivity contribution < 1.29 is 9.18 Å². The quantitative estimate of drug-likeness (QED) is 0.218. The number of piperazine rings is 1. The molecule has 2 unspecified atom stereocenters. The van der Waals surface area contributed by atoms with Crippen LogP contribution in [0.2, 0.25) is 5.02 Å². The van der Waals surface area contributed by atoms with E-state index in [0.717, 1.165) is 16.6 Å². The highest BCUT2D eigenvalue weighted by Crippen LogP contribution is 2.42. The Morgan fingerprint density at radius 3 is 2.65 bits per heavy atom. The molecule has 1 saturated heterocycles. The van der Waals surface area contributed by atoms with E-state index in [9.17, 15) is 9.59 Å². The number of anilines is 2. The second kappa shape index (κ2) is 11.2. The fourth-order valence-corrected chi connectivity index (χ4v) is 7.31. The highest BCUT2D eigenvalue weighted by Gasteiger charge is 2.39. The predicted octanol–water partition coefficient (Wildman–Crippen LogP) is 6.84. The van der Waals surface area contributed by atoms with Gasteiger partial charge in [-0.05, 0) is 55.0 Å². The fourth-order valence-electron chi connectivity index (χ4n) is 7.03. The molecule has 3 aromatic heterocycles. The molecule has 0 spiro atoms. The second-order valence-corrected chi connectivity index (χ2v) is 12.9. The molecule has 2 aromatic carbocycles. The number of hydrogen-bond donors (Lipinski definition) is 1. The van der Waals surface area contributed by atoms with Gasteiger partial charge in [0.15, 0.2) is 5.65 Å². The smallest absolute Gasteiger partial charge is 0.282 e. The second-order valence-electron chi connectivity index (χ2n) is 12.4. The van der Waals surface area contributed by atoms with E-state index >= 15 is 4.39 Å². The third-order valence-electron chi connectivity index (χ3n) is 9.21.